The topological polar surface area (TPSA) is 53.1 Å². The fourth-order valence-corrected chi connectivity index (χ4v) is 3.16. The smallest absolute Gasteiger partial charge is 0.141 e. The summed E-state index contributed by atoms with van der Waals surface area (Å²) in [5.74, 6) is 0.704. The van der Waals surface area contributed by atoms with E-state index in [2.05, 4.69) is 28.0 Å². The van der Waals surface area contributed by atoms with Gasteiger partial charge >= 0.3 is 0 Å². The van der Waals surface area contributed by atoms with Crippen LogP contribution in [-0.4, -0.2) is 16.3 Å². The highest BCUT2D eigenvalue weighted by Gasteiger charge is 2.15. The monoisotopic (exact) mass is 371 g/mol. The van der Waals surface area contributed by atoms with Crippen LogP contribution in [0.15, 0.2) is 22.7 Å². The number of ether oxygens (including phenoxy) is 1. The third-order valence-corrected chi connectivity index (χ3v) is 4.53. The van der Waals surface area contributed by atoms with Crippen LogP contribution in [0.25, 0.3) is 0 Å². The van der Waals surface area contributed by atoms with Gasteiger partial charge in [0.2, 0.25) is 0 Å². The first kappa shape index (κ1) is 16.3. The Morgan fingerprint density at radius 3 is 2.81 bits per heavy atom. The molecule has 0 amide bonds. The maximum atomic E-state index is 6.24. The number of nitrogens with zero attached hydrogens (tertiary/aromatic N) is 2. The van der Waals surface area contributed by atoms with Gasteiger partial charge in [-0.05, 0) is 46.9 Å². The fraction of sp³-hybridized carbons (Fsp3) is 0.400. The predicted octanol–water partition coefficient (Wildman–Crippen LogP) is 3.48. The van der Waals surface area contributed by atoms with Crippen LogP contribution in [0.4, 0.5) is 0 Å². The molecular weight excluding hydrogens is 354 g/mol. The highest BCUT2D eigenvalue weighted by atomic mass is 79.9. The van der Waals surface area contributed by atoms with Crippen molar-refractivity contribution >= 4 is 27.5 Å². The first-order chi connectivity index (χ1) is 10.1. The Labute approximate surface area is 138 Å². The summed E-state index contributed by atoms with van der Waals surface area (Å²) >= 11 is 9.83. The van der Waals surface area contributed by atoms with Crippen molar-refractivity contribution < 1.29 is 4.74 Å². The molecule has 0 fully saturated rings. The summed E-state index contributed by atoms with van der Waals surface area (Å²) in [7, 11) is 1.91. The van der Waals surface area contributed by atoms with Crippen LogP contribution in [-0.2, 0) is 26.5 Å². The maximum absolute atomic E-state index is 6.24. The molecule has 0 spiro atoms. The van der Waals surface area contributed by atoms with E-state index in [0.717, 1.165) is 34.3 Å². The van der Waals surface area contributed by atoms with Crippen molar-refractivity contribution in [1.29, 1.82) is 0 Å². The molecule has 0 unspecified atom stereocenters. The summed E-state index contributed by atoms with van der Waals surface area (Å²) in [6.45, 7) is 3.04. The van der Waals surface area contributed by atoms with E-state index in [9.17, 15) is 0 Å². The molecule has 0 radical (unpaired) electrons. The zero-order valence-electron chi connectivity index (χ0n) is 12.2. The Bertz CT molecular complexity index is 628. The molecule has 0 aliphatic carbocycles. The lowest BCUT2D eigenvalue weighted by Gasteiger charge is -2.13. The van der Waals surface area contributed by atoms with Crippen molar-refractivity contribution in [2.24, 2.45) is 12.8 Å². The van der Waals surface area contributed by atoms with E-state index in [-0.39, 0.29) is 0 Å². The van der Waals surface area contributed by atoms with Crippen LogP contribution in [0.3, 0.4) is 0 Å². The van der Waals surface area contributed by atoms with E-state index in [1.165, 1.54) is 0 Å². The van der Waals surface area contributed by atoms with Gasteiger partial charge in [0.15, 0.2) is 0 Å². The molecule has 2 rings (SSSR count). The summed E-state index contributed by atoms with van der Waals surface area (Å²) < 4.78 is 8.78. The van der Waals surface area contributed by atoms with E-state index >= 15 is 0 Å². The Balaban J connectivity index is 2.22. The molecule has 4 nitrogen and oxygen atoms in total. The molecule has 1 aromatic heterocycles. The molecule has 0 bridgehead atoms. The number of rotatable bonds is 6. The number of aryl methyl sites for hydroxylation is 2. The van der Waals surface area contributed by atoms with Gasteiger partial charge in [-0.2, -0.15) is 5.10 Å². The van der Waals surface area contributed by atoms with Crippen molar-refractivity contribution in [2.75, 3.05) is 6.54 Å². The molecule has 0 saturated heterocycles. The SMILES string of the molecule is CCc1nn(C)c(COc2c(Cl)cccc2CCN)c1Br. The molecule has 0 saturated carbocycles. The molecule has 6 heteroatoms. The van der Waals surface area contributed by atoms with Crippen molar-refractivity contribution in [3.8, 4) is 5.75 Å². The van der Waals surface area contributed by atoms with Crippen LogP contribution in [0, 0.1) is 0 Å². The Kier molecular flexibility index (Phi) is 5.67. The number of hydrogen-bond acceptors (Lipinski definition) is 3. The normalized spacial score (nSPS) is 10.9. The predicted molar refractivity (Wildman–Crippen MR) is 88.8 cm³/mol. The highest BCUT2D eigenvalue weighted by molar-refractivity contribution is 9.10. The van der Waals surface area contributed by atoms with Gasteiger partial charge in [-0.25, -0.2) is 0 Å². The summed E-state index contributed by atoms with van der Waals surface area (Å²) in [5, 5.41) is 5.07. The van der Waals surface area contributed by atoms with Gasteiger partial charge in [-0.15, -0.1) is 0 Å². The molecule has 21 heavy (non-hydrogen) atoms. The molecule has 114 valence electrons. The van der Waals surface area contributed by atoms with Crippen LogP contribution in [0.1, 0.15) is 23.9 Å². The summed E-state index contributed by atoms with van der Waals surface area (Å²) in [6, 6.07) is 5.73. The Hall–Kier alpha value is -1.04. The van der Waals surface area contributed by atoms with Crippen molar-refractivity contribution in [2.45, 2.75) is 26.4 Å². The van der Waals surface area contributed by atoms with Gasteiger partial charge in [-0.1, -0.05) is 30.7 Å². The lowest BCUT2D eigenvalue weighted by molar-refractivity contribution is 0.291. The second kappa shape index (κ2) is 7.29. The first-order valence-corrected chi connectivity index (χ1v) is 8.06. The van der Waals surface area contributed by atoms with Crippen LogP contribution in [0.2, 0.25) is 5.02 Å². The zero-order valence-corrected chi connectivity index (χ0v) is 14.5. The maximum Gasteiger partial charge on any atom is 0.141 e. The van der Waals surface area contributed by atoms with E-state index in [0.29, 0.717) is 23.9 Å². The van der Waals surface area contributed by atoms with Gasteiger partial charge < -0.3 is 10.5 Å². The molecule has 2 aromatic rings. The van der Waals surface area contributed by atoms with Crippen molar-refractivity contribution in [1.82, 2.24) is 9.78 Å². The average molecular weight is 373 g/mol. The zero-order chi connectivity index (χ0) is 15.4. The molecule has 0 atom stereocenters. The number of para-hydroxylation sites is 1. The molecule has 0 aliphatic rings. The molecular formula is C15H19BrClN3O. The quantitative estimate of drug-likeness (QED) is 0.844. The van der Waals surface area contributed by atoms with Crippen LogP contribution >= 0.6 is 27.5 Å². The second-order valence-corrected chi connectivity index (χ2v) is 5.94. The standard InChI is InChI=1S/C15H19BrClN3O/c1-3-12-14(16)13(20(2)19-12)9-21-15-10(7-8-18)5-4-6-11(15)17/h4-6H,3,7-9,18H2,1-2H3. The average Bonchev–Trinajstić information content (AvgIpc) is 2.73. The van der Waals surface area contributed by atoms with E-state index in [4.69, 9.17) is 22.1 Å². The van der Waals surface area contributed by atoms with Gasteiger partial charge in [-0.3, -0.25) is 4.68 Å². The number of aromatic nitrogens is 2. The molecule has 0 aliphatic heterocycles. The van der Waals surface area contributed by atoms with Gasteiger partial charge in [0.1, 0.15) is 12.4 Å². The number of benzene rings is 1. The third-order valence-electron chi connectivity index (χ3n) is 3.32. The van der Waals surface area contributed by atoms with Gasteiger partial charge in [0.25, 0.3) is 0 Å². The molecule has 1 aromatic carbocycles. The van der Waals surface area contributed by atoms with Crippen molar-refractivity contribution in [3.63, 3.8) is 0 Å². The minimum atomic E-state index is 0.408. The van der Waals surface area contributed by atoms with Crippen LogP contribution < -0.4 is 10.5 Å². The molecule has 2 N–H and O–H groups in total. The number of nitrogens with two attached hydrogens (primary N) is 1. The largest absolute Gasteiger partial charge is 0.485 e. The summed E-state index contributed by atoms with van der Waals surface area (Å²) in [4.78, 5) is 0. The lowest BCUT2D eigenvalue weighted by Crippen LogP contribution is -2.08. The Morgan fingerprint density at radius 2 is 2.19 bits per heavy atom. The second-order valence-electron chi connectivity index (χ2n) is 4.74. The van der Waals surface area contributed by atoms with Gasteiger partial charge in [0.05, 0.1) is 20.9 Å². The van der Waals surface area contributed by atoms with Crippen molar-refractivity contribution in [3.05, 3.63) is 44.6 Å². The third kappa shape index (κ3) is 3.59. The highest BCUT2D eigenvalue weighted by Crippen LogP contribution is 2.31. The lowest BCUT2D eigenvalue weighted by atomic mass is 10.1. The fourth-order valence-electron chi connectivity index (χ4n) is 2.18. The van der Waals surface area contributed by atoms with E-state index in [1.807, 2.05) is 29.9 Å². The summed E-state index contributed by atoms with van der Waals surface area (Å²) in [5.41, 5.74) is 8.68. The Morgan fingerprint density at radius 1 is 1.43 bits per heavy atom. The number of hydrogen-bond donors (Lipinski definition) is 1. The number of halogens is 2. The minimum Gasteiger partial charge on any atom is -0.485 e. The van der Waals surface area contributed by atoms with Gasteiger partial charge in [0, 0.05) is 7.05 Å². The van der Waals surface area contributed by atoms with Crippen LogP contribution in [0.5, 0.6) is 5.75 Å². The van der Waals surface area contributed by atoms with E-state index in [1.54, 1.807) is 0 Å². The summed E-state index contributed by atoms with van der Waals surface area (Å²) in [6.07, 6.45) is 1.61. The minimum absolute atomic E-state index is 0.408. The molecule has 1 heterocycles. The van der Waals surface area contributed by atoms with E-state index < -0.39 is 0 Å². The first-order valence-electron chi connectivity index (χ1n) is 6.89.